The van der Waals surface area contributed by atoms with E-state index in [9.17, 15) is 23.2 Å². The normalized spacial score (nSPS) is 13.0. The predicted octanol–water partition coefficient (Wildman–Crippen LogP) is 4.49. The van der Waals surface area contributed by atoms with E-state index in [4.69, 9.17) is 0 Å². The Morgan fingerprint density at radius 2 is 1.72 bits per heavy atom. The first-order valence-electron chi connectivity index (χ1n) is 7.46. The van der Waals surface area contributed by atoms with Crippen LogP contribution in [0, 0.1) is 11.3 Å². The number of amides is 1. The average Bonchev–Trinajstić information content (AvgIpc) is 2.59. The second-order valence-electron chi connectivity index (χ2n) is 5.36. The summed E-state index contributed by atoms with van der Waals surface area (Å²) in [6.45, 7) is 1.73. The van der Waals surface area contributed by atoms with E-state index < -0.39 is 17.6 Å². The molecule has 0 saturated carbocycles. The molecule has 2 aromatic rings. The lowest BCUT2D eigenvalue weighted by atomic mass is 10.0. The number of alkyl halides is 3. The highest BCUT2D eigenvalue weighted by Gasteiger charge is 2.32. The highest BCUT2D eigenvalue weighted by molar-refractivity contribution is 6.02. The molecule has 3 nitrogen and oxygen atoms in total. The zero-order valence-corrected chi connectivity index (χ0v) is 13.3. The first kappa shape index (κ1) is 18.3. The van der Waals surface area contributed by atoms with Crippen LogP contribution in [0.15, 0.2) is 60.2 Å². The number of hydrogen-bond donors (Lipinski definition) is 1. The smallest absolute Gasteiger partial charge is 0.345 e. The largest absolute Gasteiger partial charge is 0.416 e. The van der Waals surface area contributed by atoms with E-state index >= 15 is 0 Å². The van der Waals surface area contributed by atoms with Gasteiger partial charge in [0.05, 0.1) is 11.6 Å². The molecule has 1 N–H and O–H groups in total. The summed E-state index contributed by atoms with van der Waals surface area (Å²) in [5.41, 5.74) is -0.691. The van der Waals surface area contributed by atoms with Crippen molar-refractivity contribution in [1.82, 2.24) is 5.32 Å². The van der Waals surface area contributed by atoms with Gasteiger partial charge in [0.1, 0.15) is 11.6 Å². The molecule has 6 heteroatoms. The molecule has 2 aromatic carbocycles. The minimum absolute atomic E-state index is 0.228. The van der Waals surface area contributed by atoms with E-state index in [1.807, 2.05) is 6.07 Å². The van der Waals surface area contributed by atoms with Crippen molar-refractivity contribution in [2.24, 2.45) is 0 Å². The first-order valence-corrected chi connectivity index (χ1v) is 7.46. The third-order valence-corrected chi connectivity index (χ3v) is 3.58. The monoisotopic (exact) mass is 344 g/mol. The maximum Gasteiger partial charge on any atom is 0.416 e. The van der Waals surface area contributed by atoms with Crippen LogP contribution in [0.5, 0.6) is 0 Å². The SMILES string of the molecule is CC(NC(=O)/C(C#N)=C\c1ccccc1C(F)(F)F)c1ccccc1. The van der Waals surface area contributed by atoms with Gasteiger partial charge in [-0.2, -0.15) is 18.4 Å². The zero-order chi connectivity index (χ0) is 18.4. The van der Waals surface area contributed by atoms with Gasteiger partial charge < -0.3 is 5.32 Å². The summed E-state index contributed by atoms with van der Waals surface area (Å²) in [5.74, 6) is -0.726. The Hall–Kier alpha value is -3.07. The number of nitrogens with one attached hydrogen (secondary N) is 1. The third kappa shape index (κ3) is 4.70. The van der Waals surface area contributed by atoms with Crippen LogP contribution < -0.4 is 5.32 Å². The summed E-state index contributed by atoms with van der Waals surface area (Å²) >= 11 is 0. The second-order valence-corrected chi connectivity index (χ2v) is 5.36. The third-order valence-electron chi connectivity index (χ3n) is 3.58. The molecule has 0 heterocycles. The van der Waals surface area contributed by atoms with E-state index in [0.29, 0.717) is 0 Å². The van der Waals surface area contributed by atoms with Gasteiger partial charge in [-0.3, -0.25) is 4.79 Å². The van der Waals surface area contributed by atoms with Crippen molar-refractivity contribution in [2.45, 2.75) is 19.1 Å². The number of benzene rings is 2. The van der Waals surface area contributed by atoms with Gasteiger partial charge in [-0.15, -0.1) is 0 Å². The molecule has 0 saturated heterocycles. The Kier molecular flexibility index (Phi) is 5.60. The van der Waals surface area contributed by atoms with E-state index in [1.165, 1.54) is 18.2 Å². The van der Waals surface area contributed by atoms with Crippen LogP contribution in [-0.4, -0.2) is 5.91 Å². The highest BCUT2D eigenvalue weighted by atomic mass is 19.4. The Morgan fingerprint density at radius 3 is 2.32 bits per heavy atom. The van der Waals surface area contributed by atoms with Gasteiger partial charge in [0, 0.05) is 0 Å². The summed E-state index contributed by atoms with van der Waals surface area (Å²) in [6.07, 6.45) is -3.61. The number of nitrogens with zero attached hydrogens (tertiary/aromatic N) is 1. The maximum absolute atomic E-state index is 13.0. The van der Waals surface area contributed by atoms with Crippen LogP contribution >= 0.6 is 0 Å². The number of carbonyl (C=O) groups is 1. The molecule has 0 aliphatic rings. The van der Waals surface area contributed by atoms with Crippen LogP contribution in [0.3, 0.4) is 0 Å². The van der Waals surface area contributed by atoms with Crippen molar-refractivity contribution in [2.75, 3.05) is 0 Å². The molecule has 1 unspecified atom stereocenters. The molecule has 0 aliphatic heterocycles. The summed E-state index contributed by atoms with van der Waals surface area (Å²) in [5, 5.41) is 11.8. The zero-order valence-electron chi connectivity index (χ0n) is 13.3. The standard InChI is InChI=1S/C19H15F3N2O/c1-13(14-7-3-2-4-8-14)24-18(25)16(12-23)11-15-9-5-6-10-17(15)19(20,21)22/h2-11,13H,1H3,(H,24,25)/b16-11-. The molecule has 0 aromatic heterocycles. The summed E-state index contributed by atoms with van der Waals surface area (Å²) in [6, 6.07) is 15.1. The summed E-state index contributed by atoms with van der Waals surface area (Å²) in [7, 11) is 0. The van der Waals surface area contributed by atoms with Crippen molar-refractivity contribution in [3.63, 3.8) is 0 Å². The first-order chi connectivity index (χ1) is 11.8. The van der Waals surface area contributed by atoms with Crippen molar-refractivity contribution in [3.8, 4) is 6.07 Å². The predicted molar refractivity (Wildman–Crippen MR) is 88.0 cm³/mol. The van der Waals surface area contributed by atoms with Gasteiger partial charge in [-0.05, 0) is 30.2 Å². The Labute approximate surface area is 143 Å². The van der Waals surface area contributed by atoms with Crippen molar-refractivity contribution >= 4 is 12.0 Å². The Bertz CT molecular complexity index is 821. The van der Waals surface area contributed by atoms with Crippen molar-refractivity contribution in [1.29, 1.82) is 5.26 Å². The molecule has 0 fully saturated rings. The van der Waals surface area contributed by atoms with Crippen LogP contribution in [0.4, 0.5) is 13.2 Å². The lowest BCUT2D eigenvalue weighted by molar-refractivity contribution is -0.137. The van der Waals surface area contributed by atoms with E-state index in [0.717, 1.165) is 17.7 Å². The van der Waals surface area contributed by atoms with Crippen molar-refractivity contribution < 1.29 is 18.0 Å². The van der Waals surface area contributed by atoms with E-state index in [1.54, 1.807) is 37.3 Å². The highest BCUT2D eigenvalue weighted by Crippen LogP contribution is 2.32. The molecule has 128 valence electrons. The minimum atomic E-state index is -4.57. The van der Waals surface area contributed by atoms with Crippen LogP contribution in [0.1, 0.15) is 29.7 Å². The number of rotatable bonds is 4. The number of carbonyl (C=O) groups excluding carboxylic acids is 1. The molecule has 0 spiro atoms. The maximum atomic E-state index is 13.0. The molecule has 0 bridgehead atoms. The lowest BCUT2D eigenvalue weighted by Gasteiger charge is -2.14. The number of halogens is 3. The van der Waals surface area contributed by atoms with Gasteiger partial charge in [-0.25, -0.2) is 0 Å². The fourth-order valence-corrected chi connectivity index (χ4v) is 2.28. The fraction of sp³-hybridized carbons (Fsp3) is 0.158. The summed E-state index contributed by atoms with van der Waals surface area (Å²) in [4.78, 5) is 12.2. The Balaban J connectivity index is 2.27. The lowest BCUT2D eigenvalue weighted by Crippen LogP contribution is -2.27. The number of nitriles is 1. The van der Waals surface area contributed by atoms with E-state index in [2.05, 4.69) is 5.32 Å². The molecule has 1 amide bonds. The minimum Gasteiger partial charge on any atom is -0.345 e. The van der Waals surface area contributed by atoms with Gasteiger partial charge in [0.2, 0.25) is 0 Å². The van der Waals surface area contributed by atoms with Crippen molar-refractivity contribution in [3.05, 3.63) is 76.9 Å². The molecule has 0 radical (unpaired) electrons. The van der Waals surface area contributed by atoms with Crippen LogP contribution in [0.25, 0.3) is 6.08 Å². The molecular weight excluding hydrogens is 329 g/mol. The molecule has 0 aliphatic carbocycles. The quantitative estimate of drug-likeness (QED) is 0.656. The summed E-state index contributed by atoms with van der Waals surface area (Å²) < 4.78 is 39.1. The van der Waals surface area contributed by atoms with Crippen LogP contribution in [0.2, 0.25) is 0 Å². The topological polar surface area (TPSA) is 52.9 Å². The van der Waals surface area contributed by atoms with Gasteiger partial charge in [0.15, 0.2) is 0 Å². The second kappa shape index (κ2) is 7.67. The average molecular weight is 344 g/mol. The van der Waals surface area contributed by atoms with Gasteiger partial charge in [0.25, 0.3) is 5.91 Å². The molecule has 1 atom stereocenters. The number of hydrogen-bond acceptors (Lipinski definition) is 2. The fourth-order valence-electron chi connectivity index (χ4n) is 2.28. The van der Waals surface area contributed by atoms with E-state index in [-0.39, 0.29) is 17.2 Å². The molecule has 2 rings (SSSR count). The Morgan fingerprint density at radius 1 is 1.12 bits per heavy atom. The van der Waals surface area contributed by atoms with Crippen LogP contribution in [-0.2, 0) is 11.0 Å². The molecular formula is C19H15F3N2O. The van der Waals surface area contributed by atoms with Gasteiger partial charge in [-0.1, -0.05) is 48.5 Å². The molecule has 25 heavy (non-hydrogen) atoms. The van der Waals surface area contributed by atoms with Gasteiger partial charge >= 0.3 is 6.18 Å².